The van der Waals surface area contributed by atoms with Gasteiger partial charge in [0.25, 0.3) is 0 Å². The zero-order valence-electron chi connectivity index (χ0n) is 14.0. The highest BCUT2D eigenvalue weighted by molar-refractivity contribution is 6.30. The van der Waals surface area contributed by atoms with Gasteiger partial charge in [0, 0.05) is 17.0 Å². The maximum absolute atomic E-state index is 6.25. The standard InChI is InChI=1S/C18H28ClNO/c1-17(2,3)20-8-7-18(4,5)12-14-11-15(19)10-13-6-9-21-16(13)14/h10-11,20H,6-9,12H2,1-5H3. The molecule has 0 saturated carbocycles. The Bertz CT molecular complexity index is 503. The maximum Gasteiger partial charge on any atom is 0.125 e. The summed E-state index contributed by atoms with van der Waals surface area (Å²) in [5, 5.41) is 4.40. The van der Waals surface area contributed by atoms with Crippen molar-refractivity contribution in [2.24, 2.45) is 5.41 Å². The van der Waals surface area contributed by atoms with Crippen molar-refractivity contribution < 1.29 is 4.74 Å². The fourth-order valence-electron chi connectivity index (χ4n) is 2.86. The van der Waals surface area contributed by atoms with Gasteiger partial charge in [-0.2, -0.15) is 0 Å². The van der Waals surface area contributed by atoms with E-state index < -0.39 is 0 Å². The van der Waals surface area contributed by atoms with E-state index in [9.17, 15) is 0 Å². The molecule has 0 aliphatic carbocycles. The number of nitrogens with one attached hydrogen (secondary N) is 1. The average Bonchev–Trinajstić information content (AvgIpc) is 2.73. The van der Waals surface area contributed by atoms with E-state index in [4.69, 9.17) is 16.3 Å². The first kappa shape index (κ1) is 16.6. The van der Waals surface area contributed by atoms with E-state index in [0.717, 1.165) is 43.2 Å². The second kappa shape index (κ2) is 6.18. The molecule has 0 unspecified atom stereocenters. The topological polar surface area (TPSA) is 21.3 Å². The van der Waals surface area contributed by atoms with Gasteiger partial charge in [0.15, 0.2) is 0 Å². The van der Waals surface area contributed by atoms with Crippen LogP contribution in [0.25, 0.3) is 0 Å². The molecule has 3 heteroatoms. The van der Waals surface area contributed by atoms with Crippen LogP contribution < -0.4 is 10.1 Å². The van der Waals surface area contributed by atoms with E-state index >= 15 is 0 Å². The molecular weight excluding hydrogens is 282 g/mol. The van der Waals surface area contributed by atoms with Gasteiger partial charge in [-0.05, 0) is 68.8 Å². The van der Waals surface area contributed by atoms with Gasteiger partial charge < -0.3 is 10.1 Å². The fourth-order valence-corrected chi connectivity index (χ4v) is 3.12. The third-order valence-electron chi connectivity index (χ3n) is 3.95. The molecule has 118 valence electrons. The van der Waals surface area contributed by atoms with Crippen LogP contribution in [0.3, 0.4) is 0 Å². The Hall–Kier alpha value is -0.730. The van der Waals surface area contributed by atoms with Crippen molar-refractivity contribution in [1.82, 2.24) is 5.32 Å². The summed E-state index contributed by atoms with van der Waals surface area (Å²) in [6, 6.07) is 4.12. The maximum atomic E-state index is 6.25. The highest BCUT2D eigenvalue weighted by atomic mass is 35.5. The lowest BCUT2D eigenvalue weighted by atomic mass is 9.82. The van der Waals surface area contributed by atoms with Crippen molar-refractivity contribution in [3.05, 3.63) is 28.3 Å². The molecule has 1 aromatic carbocycles. The second-order valence-corrected chi connectivity index (χ2v) is 8.36. The van der Waals surface area contributed by atoms with Crippen molar-refractivity contribution in [2.75, 3.05) is 13.2 Å². The Morgan fingerprint density at radius 3 is 2.57 bits per heavy atom. The van der Waals surface area contributed by atoms with E-state index in [-0.39, 0.29) is 11.0 Å². The monoisotopic (exact) mass is 309 g/mol. The van der Waals surface area contributed by atoms with E-state index in [1.165, 1.54) is 11.1 Å². The van der Waals surface area contributed by atoms with Gasteiger partial charge in [-0.25, -0.2) is 0 Å². The summed E-state index contributed by atoms with van der Waals surface area (Å²) >= 11 is 6.25. The molecule has 1 heterocycles. The number of fused-ring (bicyclic) bond motifs is 1. The van der Waals surface area contributed by atoms with Crippen molar-refractivity contribution >= 4 is 11.6 Å². The minimum Gasteiger partial charge on any atom is -0.493 e. The minimum atomic E-state index is 0.177. The predicted octanol–water partition coefficient (Wildman–Crippen LogP) is 4.62. The molecule has 0 spiro atoms. The number of benzene rings is 1. The van der Waals surface area contributed by atoms with Gasteiger partial charge in [0.1, 0.15) is 5.75 Å². The quantitative estimate of drug-likeness (QED) is 0.856. The first-order valence-corrected chi connectivity index (χ1v) is 8.23. The zero-order valence-corrected chi connectivity index (χ0v) is 14.7. The molecule has 0 fully saturated rings. The van der Waals surface area contributed by atoms with E-state index in [0.29, 0.717) is 0 Å². The number of hydrogen-bond acceptors (Lipinski definition) is 2. The molecule has 0 atom stereocenters. The van der Waals surface area contributed by atoms with E-state index in [2.05, 4.69) is 46.0 Å². The molecule has 2 rings (SSSR count). The van der Waals surface area contributed by atoms with Gasteiger partial charge in [-0.15, -0.1) is 0 Å². The summed E-state index contributed by atoms with van der Waals surface area (Å²) in [6.07, 6.45) is 3.11. The summed E-state index contributed by atoms with van der Waals surface area (Å²) in [7, 11) is 0. The van der Waals surface area contributed by atoms with Gasteiger partial charge in [0.05, 0.1) is 6.61 Å². The first-order valence-electron chi connectivity index (χ1n) is 7.85. The van der Waals surface area contributed by atoms with Crippen LogP contribution in [0.1, 0.15) is 52.2 Å². The van der Waals surface area contributed by atoms with Crippen LogP contribution in [-0.4, -0.2) is 18.7 Å². The first-order chi connectivity index (χ1) is 9.66. The minimum absolute atomic E-state index is 0.177. The highest BCUT2D eigenvalue weighted by Gasteiger charge is 2.24. The van der Waals surface area contributed by atoms with E-state index in [1.807, 2.05) is 6.07 Å². The summed E-state index contributed by atoms with van der Waals surface area (Å²) in [5.41, 5.74) is 2.93. The lowest BCUT2D eigenvalue weighted by Gasteiger charge is -2.28. The summed E-state index contributed by atoms with van der Waals surface area (Å²) in [4.78, 5) is 0. The Morgan fingerprint density at radius 2 is 1.90 bits per heavy atom. The number of hydrogen-bond donors (Lipinski definition) is 1. The number of halogens is 1. The van der Waals surface area contributed by atoms with Crippen molar-refractivity contribution in [3.8, 4) is 5.75 Å². The Kier molecular flexibility index (Phi) is 4.89. The van der Waals surface area contributed by atoms with Crippen molar-refractivity contribution in [2.45, 2.75) is 59.4 Å². The third kappa shape index (κ3) is 4.89. The molecule has 1 aliphatic rings. The molecule has 0 aromatic heterocycles. The molecule has 1 aromatic rings. The lowest BCUT2D eigenvalue weighted by Crippen LogP contribution is -2.38. The molecular formula is C18H28ClNO. The molecule has 0 saturated heterocycles. The largest absolute Gasteiger partial charge is 0.493 e. The van der Waals surface area contributed by atoms with Gasteiger partial charge >= 0.3 is 0 Å². The predicted molar refractivity (Wildman–Crippen MR) is 90.5 cm³/mol. The van der Waals surface area contributed by atoms with Crippen molar-refractivity contribution in [1.29, 1.82) is 0 Å². The van der Waals surface area contributed by atoms with Crippen LogP contribution in [-0.2, 0) is 12.8 Å². The third-order valence-corrected chi connectivity index (χ3v) is 4.17. The van der Waals surface area contributed by atoms with Crippen LogP contribution >= 0.6 is 11.6 Å². The Balaban J connectivity index is 2.03. The molecule has 1 N–H and O–H groups in total. The highest BCUT2D eigenvalue weighted by Crippen LogP contribution is 2.37. The summed E-state index contributed by atoms with van der Waals surface area (Å²) in [6.45, 7) is 13.1. The van der Waals surface area contributed by atoms with Gasteiger partial charge in [0.2, 0.25) is 0 Å². The zero-order chi connectivity index (χ0) is 15.7. The molecule has 0 bridgehead atoms. The van der Waals surface area contributed by atoms with Crippen LogP contribution in [0.5, 0.6) is 5.75 Å². The van der Waals surface area contributed by atoms with Crippen molar-refractivity contribution in [3.63, 3.8) is 0 Å². The number of rotatable bonds is 5. The Morgan fingerprint density at radius 1 is 1.19 bits per heavy atom. The molecule has 21 heavy (non-hydrogen) atoms. The fraction of sp³-hybridized carbons (Fsp3) is 0.667. The molecule has 0 amide bonds. The summed E-state index contributed by atoms with van der Waals surface area (Å²) in [5.74, 6) is 1.08. The van der Waals surface area contributed by atoms with Crippen LogP contribution in [0.15, 0.2) is 12.1 Å². The van der Waals surface area contributed by atoms with E-state index in [1.54, 1.807) is 0 Å². The van der Waals surface area contributed by atoms with Crippen LogP contribution in [0.2, 0.25) is 5.02 Å². The van der Waals surface area contributed by atoms with Crippen LogP contribution in [0, 0.1) is 5.41 Å². The van der Waals surface area contributed by atoms with Crippen LogP contribution in [0.4, 0.5) is 0 Å². The normalized spacial score (nSPS) is 15.0. The molecule has 0 radical (unpaired) electrons. The molecule has 1 aliphatic heterocycles. The van der Waals surface area contributed by atoms with Gasteiger partial charge in [-0.1, -0.05) is 25.4 Å². The lowest BCUT2D eigenvalue weighted by molar-refractivity contribution is 0.295. The molecule has 2 nitrogen and oxygen atoms in total. The number of ether oxygens (including phenoxy) is 1. The SMILES string of the molecule is CC(C)(CCNC(C)(C)C)Cc1cc(Cl)cc2c1OCC2. The second-order valence-electron chi connectivity index (χ2n) is 7.92. The Labute approximate surface area is 134 Å². The summed E-state index contributed by atoms with van der Waals surface area (Å²) < 4.78 is 5.81. The smallest absolute Gasteiger partial charge is 0.125 e. The average molecular weight is 310 g/mol. The van der Waals surface area contributed by atoms with Gasteiger partial charge in [-0.3, -0.25) is 0 Å².